The van der Waals surface area contributed by atoms with Crippen LogP contribution in [-0.2, 0) is 43.3 Å². The van der Waals surface area contributed by atoms with Gasteiger partial charge in [0.15, 0.2) is 0 Å². The van der Waals surface area contributed by atoms with Gasteiger partial charge in [-0.25, -0.2) is 0 Å². The molecule has 2 aliphatic heterocycles. The second-order valence-corrected chi connectivity index (χ2v) is 30.8. The van der Waals surface area contributed by atoms with Crippen LogP contribution in [0, 0.1) is 13.8 Å². The first-order valence-corrected chi connectivity index (χ1v) is 29.2. The van der Waals surface area contributed by atoms with Gasteiger partial charge in [0.05, 0.1) is 17.0 Å². The van der Waals surface area contributed by atoms with E-state index < -0.39 is 0 Å². The molecular weight excluding hydrogens is 920 g/mol. The Morgan fingerprint density at radius 2 is 0.961 bits per heavy atom. The van der Waals surface area contributed by atoms with Crippen LogP contribution in [0.4, 0.5) is 34.1 Å². The van der Waals surface area contributed by atoms with Crippen molar-refractivity contribution in [3.8, 4) is 11.1 Å². The minimum Gasteiger partial charge on any atom is -0.468 e. The van der Waals surface area contributed by atoms with Crippen LogP contribution in [0.15, 0.2) is 95.4 Å². The SMILES string of the molecule is Cc1cc2c3c(c1)N(c1cc(C)c(C(C)(C)C)cc1-c1ccc(C(C)(C)C)cc1)c1c(oc4cc5c(cc14)C(C)(C)CCC5(C)C)B3c1cc3c(cc1N2c1ccc2c(c1)C(C)(C)CCC2(C)C)C(C)(C)CCC3(C)C. The molecule has 0 fully saturated rings. The van der Waals surface area contributed by atoms with Crippen LogP contribution in [0.5, 0.6) is 0 Å². The minimum atomic E-state index is -0.142. The van der Waals surface area contributed by atoms with Crippen LogP contribution in [0.2, 0.25) is 0 Å². The lowest BCUT2D eigenvalue weighted by Crippen LogP contribution is -2.61. The topological polar surface area (TPSA) is 19.6 Å². The molecule has 394 valence electrons. The third-order valence-corrected chi connectivity index (χ3v) is 20.3. The van der Waals surface area contributed by atoms with Crippen LogP contribution in [-0.4, -0.2) is 6.71 Å². The first-order valence-electron chi connectivity index (χ1n) is 29.2. The predicted octanol–water partition coefficient (Wildman–Crippen LogP) is 18.4. The van der Waals surface area contributed by atoms with Crippen molar-refractivity contribution in [1.82, 2.24) is 0 Å². The summed E-state index contributed by atoms with van der Waals surface area (Å²) in [6, 6.07) is 37.5. The van der Waals surface area contributed by atoms with Crippen molar-refractivity contribution in [3.05, 3.63) is 147 Å². The van der Waals surface area contributed by atoms with Gasteiger partial charge in [-0.3, -0.25) is 0 Å². The first kappa shape index (κ1) is 51.3. The zero-order valence-electron chi connectivity index (χ0n) is 50.3. The van der Waals surface area contributed by atoms with E-state index in [4.69, 9.17) is 4.42 Å². The second-order valence-electron chi connectivity index (χ2n) is 30.8. The van der Waals surface area contributed by atoms with Crippen molar-refractivity contribution in [2.45, 2.75) is 220 Å². The minimum absolute atomic E-state index is 0.0138. The molecule has 0 spiro atoms. The van der Waals surface area contributed by atoms with Crippen LogP contribution in [0.1, 0.15) is 219 Å². The molecule has 0 N–H and O–H groups in total. The maximum Gasteiger partial charge on any atom is 0.297 e. The Bertz CT molecular complexity index is 3590. The highest BCUT2D eigenvalue weighted by Gasteiger charge is 2.51. The Balaban J connectivity index is 1.24. The lowest BCUT2D eigenvalue weighted by atomic mass is 9.35. The molecule has 3 nitrogen and oxygen atoms in total. The van der Waals surface area contributed by atoms with E-state index in [1.165, 1.54) is 130 Å². The number of nitrogens with zero attached hydrogens (tertiary/aromatic N) is 2. The number of hydrogen-bond acceptors (Lipinski definition) is 3. The van der Waals surface area contributed by atoms with Crippen LogP contribution in [0.3, 0.4) is 0 Å². The summed E-state index contributed by atoms with van der Waals surface area (Å²) in [5.41, 5.74) is 29.0. The van der Waals surface area contributed by atoms with Gasteiger partial charge in [-0.15, -0.1) is 0 Å². The molecule has 12 rings (SSSR count). The quantitative estimate of drug-likeness (QED) is 0.164. The number of fused-ring (bicyclic) bond motifs is 9. The van der Waals surface area contributed by atoms with Crippen molar-refractivity contribution < 1.29 is 4.42 Å². The Kier molecular flexibility index (Phi) is 10.8. The fourth-order valence-electron chi connectivity index (χ4n) is 15.0. The molecule has 6 aromatic carbocycles. The summed E-state index contributed by atoms with van der Waals surface area (Å²) in [4.78, 5) is 5.39. The highest BCUT2D eigenvalue weighted by atomic mass is 16.3. The molecule has 3 aliphatic carbocycles. The maximum atomic E-state index is 7.86. The number of hydrogen-bond donors (Lipinski definition) is 0. The highest BCUT2D eigenvalue weighted by molar-refractivity contribution is 7.00. The third-order valence-electron chi connectivity index (χ3n) is 20.3. The van der Waals surface area contributed by atoms with Gasteiger partial charge >= 0.3 is 0 Å². The van der Waals surface area contributed by atoms with Gasteiger partial charge in [0.1, 0.15) is 5.58 Å². The number of furan rings is 1. The Morgan fingerprint density at radius 1 is 0.461 bits per heavy atom. The largest absolute Gasteiger partial charge is 0.468 e. The van der Waals surface area contributed by atoms with Gasteiger partial charge in [0, 0.05) is 33.7 Å². The summed E-state index contributed by atoms with van der Waals surface area (Å²) in [5.74, 6) is 0. The normalized spacial score (nSPS) is 20.1. The predicted molar refractivity (Wildman–Crippen MR) is 328 cm³/mol. The molecule has 0 atom stereocenters. The zero-order chi connectivity index (χ0) is 54.6. The summed E-state index contributed by atoms with van der Waals surface area (Å²) >= 11 is 0. The molecule has 4 heteroatoms. The zero-order valence-corrected chi connectivity index (χ0v) is 50.3. The molecule has 5 aliphatic rings. The summed E-state index contributed by atoms with van der Waals surface area (Å²) in [5, 5.41) is 1.21. The number of rotatable bonds is 3. The Hall–Kier alpha value is -5.48. The Morgan fingerprint density at radius 3 is 1.51 bits per heavy atom. The average molecular weight is 1010 g/mol. The first-order chi connectivity index (χ1) is 35.2. The fourth-order valence-corrected chi connectivity index (χ4v) is 15.0. The molecule has 0 saturated carbocycles. The molecular formula is C72H87BN2O. The number of benzene rings is 6. The van der Waals surface area contributed by atoms with E-state index in [1.54, 1.807) is 0 Å². The van der Waals surface area contributed by atoms with E-state index in [-0.39, 0.29) is 50.0 Å². The van der Waals surface area contributed by atoms with E-state index in [9.17, 15) is 0 Å². The van der Waals surface area contributed by atoms with E-state index in [0.29, 0.717) is 0 Å². The van der Waals surface area contributed by atoms with Gasteiger partial charge in [0.2, 0.25) is 0 Å². The van der Waals surface area contributed by atoms with Gasteiger partial charge in [-0.05, 0) is 222 Å². The third kappa shape index (κ3) is 7.62. The van der Waals surface area contributed by atoms with Crippen molar-refractivity contribution in [2.75, 3.05) is 9.80 Å². The monoisotopic (exact) mass is 1010 g/mol. The van der Waals surface area contributed by atoms with Gasteiger partial charge in [0.25, 0.3) is 6.71 Å². The smallest absolute Gasteiger partial charge is 0.297 e. The van der Waals surface area contributed by atoms with Crippen LogP contribution in [0.25, 0.3) is 22.1 Å². The lowest BCUT2D eigenvalue weighted by Gasteiger charge is -2.47. The fraction of sp³-hybridized carbons (Fsp3) is 0.472. The molecule has 0 bridgehead atoms. The van der Waals surface area contributed by atoms with E-state index in [2.05, 4.69) is 239 Å². The molecule has 1 aromatic heterocycles. The number of aryl methyl sites for hydroxylation is 2. The molecule has 0 radical (unpaired) electrons. The van der Waals surface area contributed by atoms with Gasteiger partial charge < -0.3 is 14.2 Å². The molecule has 7 aromatic rings. The highest BCUT2D eigenvalue weighted by Crippen LogP contribution is 2.56. The molecule has 3 heterocycles. The molecule has 0 unspecified atom stereocenters. The molecule has 76 heavy (non-hydrogen) atoms. The molecule has 0 saturated heterocycles. The van der Waals surface area contributed by atoms with Gasteiger partial charge in [-0.2, -0.15) is 0 Å². The van der Waals surface area contributed by atoms with Crippen molar-refractivity contribution >= 4 is 68.4 Å². The van der Waals surface area contributed by atoms with E-state index >= 15 is 0 Å². The maximum absolute atomic E-state index is 7.86. The Labute approximate surface area is 458 Å². The number of anilines is 6. The summed E-state index contributed by atoms with van der Waals surface area (Å²) in [6.07, 6.45) is 6.97. The average Bonchev–Trinajstić information content (AvgIpc) is 3.92. The van der Waals surface area contributed by atoms with Crippen LogP contribution < -0.4 is 26.4 Å². The van der Waals surface area contributed by atoms with Gasteiger partial charge in [-0.1, -0.05) is 161 Å². The summed E-state index contributed by atoms with van der Waals surface area (Å²) < 4.78 is 7.86. The van der Waals surface area contributed by atoms with Crippen LogP contribution >= 0.6 is 0 Å². The lowest BCUT2D eigenvalue weighted by molar-refractivity contribution is 0.332. The van der Waals surface area contributed by atoms with Crippen molar-refractivity contribution in [1.29, 1.82) is 0 Å². The summed E-state index contributed by atoms with van der Waals surface area (Å²) in [7, 11) is 0. The van der Waals surface area contributed by atoms with E-state index in [0.717, 1.165) is 36.9 Å². The second kappa shape index (κ2) is 16.1. The summed E-state index contributed by atoms with van der Waals surface area (Å²) in [6.45, 7) is 48.3. The van der Waals surface area contributed by atoms with E-state index in [1.807, 2.05) is 0 Å². The molecule has 0 amide bonds. The van der Waals surface area contributed by atoms with Crippen molar-refractivity contribution in [3.63, 3.8) is 0 Å². The van der Waals surface area contributed by atoms with Crippen molar-refractivity contribution in [2.24, 2.45) is 0 Å². The standard InChI is InChI=1S/C72H87BN2O/c1-42-33-59-62-60(34-42)75(57-35-43(2)50(66(6,7)8)37-47(57)44-21-23-45(24-22-44)65(3,4)5)63-48-38-52-55(72(19,20)32-29-69(52,13)14)41-61(48)76-64(63)73(62)56-39-53-54(71(17,18)31-30-70(53,15)16)40-58(56)74(59)46-25-26-49-51(36-46)68(11,12)28-27-67(49,9)10/h21-26,33-41H,27-32H2,1-20H3.